The highest BCUT2D eigenvalue weighted by Crippen LogP contribution is 2.40. The Hall–Kier alpha value is -1.46. The lowest BCUT2D eigenvalue weighted by Gasteiger charge is -2.24. The van der Waals surface area contributed by atoms with Crippen molar-refractivity contribution in [3.8, 4) is 11.5 Å². The standard InChI is InChI=1S/C14H14BrNO3/c1-16-12(14-10(15)5-6-18-14)9-3-2-4-11-13(9)19-8-7-17-11/h2-6,12,16H,7-8H2,1H3. The number of halogens is 1. The Morgan fingerprint density at radius 1 is 1.21 bits per heavy atom. The molecule has 1 aliphatic rings. The molecule has 3 rings (SSSR count). The zero-order valence-corrected chi connectivity index (χ0v) is 12.1. The molecule has 0 spiro atoms. The molecule has 0 saturated heterocycles. The van der Waals surface area contributed by atoms with Crippen LogP contribution in [0.25, 0.3) is 0 Å². The van der Waals surface area contributed by atoms with Gasteiger partial charge in [-0.3, -0.25) is 0 Å². The summed E-state index contributed by atoms with van der Waals surface area (Å²) in [5.41, 5.74) is 1.01. The smallest absolute Gasteiger partial charge is 0.166 e. The lowest BCUT2D eigenvalue weighted by Crippen LogP contribution is -2.22. The van der Waals surface area contributed by atoms with Gasteiger partial charge in [-0.2, -0.15) is 0 Å². The Kier molecular flexibility index (Phi) is 3.48. The summed E-state index contributed by atoms with van der Waals surface area (Å²) < 4.78 is 17.9. The number of rotatable bonds is 3. The van der Waals surface area contributed by atoms with Gasteiger partial charge in [-0.25, -0.2) is 0 Å². The summed E-state index contributed by atoms with van der Waals surface area (Å²) in [4.78, 5) is 0. The summed E-state index contributed by atoms with van der Waals surface area (Å²) in [6.45, 7) is 1.16. The van der Waals surface area contributed by atoms with Crippen LogP contribution >= 0.6 is 15.9 Å². The lowest BCUT2D eigenvalue weighted by atomic mass is 10.0. The zero-order valence-electron chi connectivity index (χ0n) is 10.5. The maximum absolute atomic E-state index is 5.75. The molecule has 0 fully saturated rings. The van der Waals surface area contributed by atoms with Crippen molar-refractivity contribution in [2.45, 2.75) is 6.04 Å². The van der Waals surface area contributed by atoms with E-state index in [1.165, 1.54) is 0 Å². The van der Waals surface area contributed by atoms with Gasteiger partial charge in [-0.15, -0.1) is 0 Å². The van der Waals surface area contributed by atoms with Gasteiger partial charge in [0.15, 0.2) is 11.5 Å². The highest BCUT2D eigenvalue weighted by molar-refractivity contribution is 9.10. The number of benzene rings is 1. The largest absolute Gasteiger partial charge is 0.486 e. The average Bonchev–Trinajstić information content (AvgIpc) is 2.86. The zero-order chi connectivity index (χ0) is 13.2. The maximum Gasteiger partial charge on any atom is 0.166 e. The second-order valence-electron chi connectivity index (χ2n) is 4.23. The minimum Gasteiger partial charge on any atom is -0.486 e. The predicted molar refractivity (Wildman–Crippen MR) is 74.7 cm³/mol. The van der Waals surface area contributed by atoms with Gasteiger partial charge in [0.05, 0.1) is 16.8 Å². The van der Waals surface area contributed by atoms with Crippen LogP contribution in [-0.4, -0.2) is 20.3 Å². The SMILES string of the molecule is CNC(c1cccc2c1OCCO2)c1occc1Br. The fraction of sp³-hybridized carbons (Fsp3) is 0.286. The molecule has 1 aromatic heterocycles. The Morgan fingerprint density at radius 2 is 2.05 bits per heavy atom. The predicted octanol–water partition coefficient (Wildman–Crippen LogP) is 3.12. The molecule has 0 bridgehead atoms. The number of hydrogen-bond donors (Lipinski definition) is 1. The van der Waals surface area contributed by atoms with E-state index in [2.05, 4.69) is 21.2 Å². The van der Waals surface area contributed by atoms with Crippen molar-refractivity contribution in [1.82, 2.24) is 5.32 Å². The van der Waals surface area contributed by atoms with Gasteiger partial charge in [0.25, 0.3) is 0 Å². The molecule has 0 radical (unpaired) electrons. The van der Waals surface area contributed by atoms with Crippen molar-refractivity contribution in [1.29, 1.82) is 0 Å². The van der Waals surface area contributed by atoms with Crippen molar-refractivity contribution in [3.05, 3.63) is 46.3 Å². The third-order valence-corrected chi connectivity index (χ3v) is 3.76. The molecule has 2 heterocycles. The average molecular weight is 324 g/mol. The summed E-state index contributed by atoms with van der Waals surface area (Å²) in [7, 11) is 1.89. The molecular weight excluding hydrogens is 310 g/mol. The Morgan fingerprint density at radius 3 is 2.79 bits per heavy atom. The first-order valence-electron chi connectivity index (χ1n) is 6.10. The summed E-state index contributed by atoms with van der Waals surface area (Å²) in [6, 6.07) is 7.70. The molecule has 5 heteroatoms. The van der Waals surface area contributed by atoms with E-state index in [1.807, 2.05) is 31.3 Å². The summed E-state index contributed by atoms with van der Waals surface area (Å²) >= 11 is 3.50. The molecule has 2 aromatic rings. The first-order chi connectivity index (χ1) is 9.31. The highest BCUT2D eigenvalue weighted by atomic mass is 79.9. The molecule has 1 aromatic carbocycles. The normalized spacial score (nSPS) is 15.3. The second kappa shape index (κ2) is 5.27. The maximum atomic E-state index is 5.75. The van der Waals surface area contributed by atoms with E-state index in [4.69, 9.17) is 13.9 Å². The van der Waals surface area contributed by atoms with Crippen LogP contribution in [-0.2, 0) is 0 Å². The van der Waals surface area contributed by atoms with Crippen LogP contribution in [0.2, 0.25) is 0 Å². The van der Waals surface area contributed by atoms with Crippen LogP contribution in [0.1, 0.15) is 17.4 Å². The van der Waals surface area contributed by atoms with E-state index < -0.39 is 0 Å². The minimum absolute atomic E-state index is 0.0824. The van der Waals surface area contributed by atoms with E-state index in [1.54, 1.807) is 6.26 Å². The lowest BCUT2D eigenvalue weighted by molar-refractivity contribution is 0.169. The van der Waals surface area contributed by atoms with Gasteiger partial charge < -0.3 is 19.2 Å². The molecule has 1 aliphatic heterocycles. The molecule has 19 heavy (non-hydrogen) atoms. The van der Waals surface area contributed by atoms with Crippen LogP contribution in [0, 0.1) is 0 Å². The number of fused-ring (bicyclic) bond motifs is 1. The molecule has 1 N–H and O–H groups in total. The number of ether oxygens (including phenoxy) is 2. The molecule has 0 saturated carbocycles. The third-order valence-electron chi connectivity index (χ3n) is 3.10. The second-order valence-corrected chi connectivity index (χ2v) is 5.08. The van der Waals surface area contributed by atoms with E-state index in [0.717, 1.165) is 27.3 Å². The molecule has 0 aliphatic carbocycles. The van der Waals surface area contributed by atoms with E-state index >= 15 is 0 Å². The fourth-order valence-electron chi connectivity index (χ4n) is 2.26. The van der Waals surface area contributed by atoms with Gasteiger partial charge in [0, 0.05) is 5.56 Å². The summed E-state index contributed by atoms with van der Waals surface area (Å²) in [6.07, 6.45) is 1.66. The Balaban J connectivity index is 2.07. The van der Waals surface area contributed by atoms with Gasteiger partial charge in [-0.05, 0) is 35.1 Å². The van der Waals surface area contributed by atoms with Crippen molar-refractivity contribution in [2.75, 3.05) is 20.3 Å². The summed E-state index contributed by atoms with van der Waals surface area (Å²) in [5.74, 6) is 2.40. The van der Waals surface area contributed by atoms with Crippen molar-refractivity contribution in [3.63, 3.8) is 0 Å². The Bertz CT molecular complexity index is 582. The van der Waals surface area contributed by atoms with E-state index in [0.29, 0.717) is 13.2 Å². The van der Waals surface area contributed by atoms with Crippen LogP contribution in [0.15, 0.2) is 39.4 Å². The number of para-hydroxylation sites is 1. The molecule has 100 valence electrons. The van der Waals surface area contributed by atoms with Gasteiger partial charge >= 0.3 is 0 Å². The monoisotopic (exact) mass is 323 g/mol. The highest BCUT2D eigenvalue weighted by Gasteiger charge is 2.25. The number of nitrogens with one attached hydrogen (secondary N) is 1. The molecule has 0 amide bonds. The fourth-order valence-corrected chi connectivity index (χ4v) is 2.69. The topological polar surface area (TPSA) is 43.6 Å². The van der Waals surface area contributed by atoms with Crippen LogP contribution in [0.3, 0.4) is 0 Å². The molecule has 1 atom stereocenters. The van der Waals surface area contributed by atoms with Crippen molar-refractivity contribution < 1.29 is 13.9 Å². The first-order valence-corrected chi connectivity index (χ1v) is 6.89. The molecule has 1 unspecified atom stereocenters. The minimum atomic E-state index is -0.0824. The first kappa shape index (κ1) is 12.6. The summed E-state index contributed by atoms with van der Waals surface area (Å²) in [5, 5.41) is 3.25. The third kappa shape index (κ3) is 2.24. The van der Waals surface area contributed by atoms with Gasteiger partial charge in [0.1, 0.15) is 19.0 Å². The van der Waals surface area contributed by atoms with Crippen LogP contribution in [0.4, 0.5) is 0 Å². The van der Waals surface area contributed by atoms with Crippen LogP contribution < -0.4 is 14.8 Å². The quantitative estimate of drug-likeness (QED) is 0.942. The van der Waals surface area contributed by atoms with Crippen LogP contribution in [0.5, 0.6) is 11.5 Å². The molecule has 4 nitrogen and oxygen atoms in total. The number of hydrogen-bond acceptors (Lipinski definition) is 4. The Labute approximate surface area is 119 Å². The van der Waals surface area contributed by atoms with E-state index in [-0.39, 0.29) is 6.04 Å². The van der Waals surface area contributed by atoms with Gasteiger partial charge in [0.2, 0.25) is 0 Å². The number of furan rings is 1. The van der Waals surface area contributed by atoms with Gasteiger partial charge in [-0.1, -0.05) is 12.1 Å². The molecular formula is C14H14BrNO3. The van der Waals surface area contributed by atoms with E-state index in [9.17, 15) is 0 Å². The van der Waals surface area contributed by atoms with Crippen molar-refractivity contribution >= 4 is 15.9 Å². The van der Waals surface area contributed by atoms with Crippen molar-refractivity contribution in [2.24, 2.45) is 0 Å².